The molecule has 0 saturated carbocycles. The van der Waals surface area contributed by atoms with Crippen LogP contribution in [0.2, 0.25) is 0 Å². The SMILES string of the molecule is Cc1c2ccccc2c(C)c2cc(S(=O)(=O)OCc3ccc([N+](=O)[O-])cc3)ccc12.ClC(Cl)(Cl)c1nc(C(Cl)(Cl)Cl)nc(C(Cl)(Cl)Cl)n1. The van der Waals surface area contributed by atoms with E-state index in [1.807, 2.05) is 38.1 Å². The van der Waals surface area contributed by atoms with Gasteiger partial charge in [-0.15, -0.1) is 0 Å². The van der Waals surface area contributed by atoms with Gasteiger partial charge in [-0.3, -0.25) is 14.3 Å². The first-order chi connectivity index (χ1) is 22.1. The average molecular weight is 855 g/mol. The zero-order valence-corrected chi connectivity index (χ0v) is 31.8. The van der Waals surface area contributed by atoms with Crippen LogP contribution in [0.4, 0.5) is 5.69 Å². The molecule has 0 atom stereocenters. The number of rotatable bonds is 5. The normalized spacial score (nSPS) is 12.6. The number of benzene rings is 4. The molecular formula is C29H19Cl9N4O5S. The highest BCUT2D eigenvalue weighted by Gasteiger charge is 2.37. The van der Waals surface area contributed by atoms with E-state index in [9.17, 15) is 18.5 Å². The fourth-order valence-electron chi connectivity index (χ4n) is 4.43. The van der Waals surface area contributed by atoms with Crippen molar-refractivity contribution in [3.05, 3.63) is 111 Å². The van der Waals surface area contributed by atoms with E-state index in [0.29, 0.717) is 5.56 Å². The third-order valence-electron chi connectivity index (χ3n) is 6.75. The van der Waals surface area contributed by atoms with Crippen LogP contribution in [0.25, 0.3) is 21.5 Å². The van der Waals surface area contributed by atoms with Gasteiger partial charge in [-0.25, -0.2) is 15.0 Å². The Morgan fingerprint density at radius 1 is 0.667 bits per heavy atom. The van der Waals surface area contributed by atoms with Gasteiger partial charge in [0.2, 0.25) is 11.4 Å². The molecule has 5 rings (SSSR count). The fraction of sp³-hybridized carbons (Fsp3) is 0.207. The summed E-state index contributed by atoms with van der Waals surface area (Å²) in [6.07, 6.45) is 0. The summed E-state index contributed by atoms with van der Waals surface area (Å²) in [6, 6.07) is 18.7. The van der Waals surface area contributed by atoms with E-state index in [-0.39, 0.29) is 34.7 Å². The van der Waals surface area contributed by atoms with E-state index < -0.39 is 26.4 Å². The van der Waals surface area contributed by atoms with Gasteiger partial charge in [0.25, 0.3) is 15.8 Å². The van der Waals surface area contributed by atoms with E-state index in [2.05, 4.69) is 21.0 Å². The van der Waals surface area contributed by atoms with Crippen molar-refractivity contribution in [3.63, 3.8) is 0 Å². The second-order valence-corrected chi connectivity index (χ2v) is 18.4. The number of hydrogen-bond donors (Lipinski definition) is 0. The van der Waals surface area contributed by atoms with Crippen LogP contribution in [-0.2, 0) is 32.3 Å². The lowest BCUT2D eigenvalue weighted by molar-refractivity contribution is -0.384. The van der Waals surface area contributed by atoms with Crippen molar-refractivity contribution in [3.8, 4) is 0 Å². The molecule has 19 heteroatoms. The predicted octanol–water partition coefficient (Wildman–Crippen LogP) is 10.8. The summed E-state index contributed by atoms with van der Waals surface area (Å²) >= 11 is 50.6. The van der Waals surface area contributed by atoms with Gasteiger partial charge in [0, 0.05) is 12.1 Å². The van der Waals surface area contributed by atoms with Crippen molar-refractivity contribution in [2.24, 2.45) is 0 Å². The molecule has 0 N–H and O–H groups in total. The van der Waals surface area contributed by atoms with Crippen molar-refractivity contribution in [2.75, 3.05) is 0 Å². The number of fused-ring (bicyclic) bond motifs is 2. The van der Waals surface area contributed by atoms with Crippen LogP contribution < -0.4 is 0 Å². The molecule has 0 amide bonds. The topological polar surface area (TPSA) is 125 Å². The Hall–Kier alpha value is -1.67. The van der Waals surface area contributed by atoms with Crippen molar-refractivity contribution in [1.82, 2.24) is 15.0 Å². The Bertz CT molecular complexity index is 2040. The zero-order chi connectivity index (χ0) is 35.8. The summed E-state index contributed by atoms with van der Waals surface area (Å²) < 4.78 is 24.8. The first-order valence-electron chi connectivity index (χ1n) is 13.1. The summed E-state index contributed by atoms with van der Waals surface area (Å²) in [7, 11) is -3.99. The summed E-state index contributed by atoms with van der Waals surface area (Å²) in [4.78, 5) is 21.4. The van der Waals surface area contributed by atoms with Crippen LogP contribution in [0.15, 0.2) is 71.6 Å². The standard InChI is InChI=1S/C23H19NO5S.C6Cl9N3/c1-15-20-5-3-4-6-21(20)16(2)23-13-19(11-12-22(15)23)30(27,28)29-14-17-7-9-18(10-8-17)24(25)26;7-4(8,9)1-16-2(5(10,11)12)18-3(17-1)6(13,14)15/h3-13H,14H2,1-2H3;. The quantitative estimate of drug-likeness (QED) is 0.0563. The van der Waals surface area contributed by atoms with Gasteiger partial charge in [0.1, 0.15) is 0 Å². The zero-order valence-electron chi connectivity index (χ0n) is 24.2. The van der Waals surface area contributed by atoms with Gasteiger partial charge in [-0.1, -0.05) is 135 Å². The van der Waals surface area contributed by atoms with Crippen LogP contribution in [0, 0.1) is 24.0 Å². The second-order valence-electron chi connectivity index (χ2n) is 9.94. The molecule has 5 aromatic rings. The maximum atomic E-state index is 12.8. The molecule has 254 valence electrons. The van der Waals surface area contributed by atoms with Crippen LogP contribution in [0.5, 0.6) is 0 Å². The van der Waals surface area contributed by atoms with E-state index >= 15 is 0 Å². The van der Waals surface area contributed by atoms with Gasteiger partial charge < -0.3 is 0 Å². The van der Waals surface area contributed by atoms with Crippen LogP contribution >= 0.6 is 104 Å². The molecule has 0 fully saturated rings. The Kier molecular flexibility index (Phi) is 12.1. The molecule has 0 unspecified atom stereocenters. The summed E-state index contributed by atoms with van der Waals surface area (Å²) in [5.41, 5.74) is 2.58. The molecule has 0 radical (unpaired) electrons. The molecule has 4 aromatic carbocycles. The van der Waals surface area contributed by atoms with Gasteiger partial charge in [0.15, 0.2) is 17.5 Å². The second kappa shape index (κ2) is 14.9. The summed E-state index contributed by atoms with van der Waals surface area (Å²) in [5.74, 6) is -0.986. The monoisotopic (exact) mass is 850 g/mol. The number of nitro benzene ring substituents is 1. The lowest BCUT2D eigenvalue weighted by atomic mass is 9.93. The molecule has 0 spiro atoms. The number of aromatic nitrogens is 3. The van der Waals surface area contributed by atoms with Crippen LogP contribution in [-0.4, -0.2) is 28.3 Å². The average Bonchev–Trinajstić information content (AvgIpc) is 3.01. The highest BCUT2D eigenvalue weighted by Crippen LogP contribution is 2.43. The molecule has 48 heavy (non-hydrogen) atoms. The van der Waals surface area contributed by atoms with E-state index in [1.165, 1.54) is 24.3 Å². The molecule has 0 saturated heterocycles. The largest absolute Gasteiger partial charge is 0.297 e. The fourth-order valence-corrected chi connectivity index (χ4v) is 6.11. The number of alkyl halides is 9. The minimum atomic E-state index is -3.99. The van der Waals surface area contributed by atoms with Crippen molar-refractivity contribution in [1.29, 1.82) is 0 Å². The van der Waals surface area contributed by atoms with Gasteiger partial charge >= 0.3 is 0 Å². The smallest absolute Gasteiger partial charge is 0.262 e. The summed E-state index contributed by atoms with van der Waals surface area (Å²) in [5, 5.41) is 14.8. The van der Waals surface area contributed by atoms with Crippen molar-refractivity contribution in [2.45, 2.75) is 36.7 Å². The molecule has 0 aliphatic carbocycles. The van der Waals surface area contributed by atoms with E-state index in [1.54, 1.807) is 12.1 Å². The maximum Gasteiger partial charge on any atom is 0.297 e. The van der Waals surface area contributed by atoms with Crippen molar-refractivity contribution < 1.29 is 17.5 Å². The molecule has 0 aliphatic heterocycles. The van der Waals surface area contributed by atoms with Gasteiger partial charge in [-0.2, -0.15) is 8.42 Å². The Morgan fingerprint density at radius 2 is 1.08 bits per heavy atom. The van der Waals surface area contributed by atoms with Gasteiger partial charge in [-0.05, 0) is 76.3 Å². The first kappa shape index (κ1) is 39.1. The number of hydrogen-bond acceptors (Lipinski definition) is 8. The lowest BCUT2D eigenvalue weighted by Crippen LogP contribution is -2.21. The predicted molar refractivity (Wildman–Crippen MR) is 194 cm³/mol. The van der Waals surface area contributed by atoms with E-state index in [4.69, 9.17) is 109 Å². The Morgan fingerprint density at radius 3 is 1.50 bits per heavy atom. The lowest BCUT2D eigenvalue weighted by Gasteiger charge is -2.17. The number of nitro groups is 1. The van der Waals surface area contributed by atoms with Crippen LogP contribution in [0.1, 0.15) is 34.2 Å². The first-order valence-corrected chi connectivity index (χ1v) is 17.9. The molecule has 0 bridgehead atoms. The maximum absolute atomic E-state index is 12.8. The molecular weight excluding hydrogens is 835 g/mol. The molecule has 0 aliphatic rings. The number of aryl methyl sites for hydroxylation is 2. The van der Waals surface area contributed by atoms with Crippen LogP contribution in [0.3, 0.4) is 0 Å². The third-order valence-corrected chi connectivity index (χ3v) is 9.53. The number of halogens is 9. The number of nitrogens with zero attached hydrogens (tertiary/aromatic N) is 4. The molecule has 1 heterocycles. The molecule has 1 aromatic heterocycles. The van der Waals surface area contributed by atoms with Crippen molar-refractivity contribution >= 4 is 142 Å². The minimum Gasteiger partial charge on any atom is -0.262 e. The number of non-ortho nitro benzene ring substituents is 1. The Balaban J connectivity index is 0.000000248. The highest BCUT2D eigenvalue weighted by molar-refractivity contribution is 7.86. The highest BCUT2D eigenvalue weighted by atomic mass is 35.6. The molecule has 9 nitrogen and oxygen atoms in total. The Labute approximate surface area is 319 Å². The van der Waals surface area contributed by atoms with E-state index in [0.717, 1.165) is 32.7 Å². The minimum absolute atomic E-state index is 0.0609. The summed E-state index contributed by atoms with van der Waals surface area (Å²) in [6.45, 7) is 3.82. The van der Waals surface area contributed by atoms with Gasteiger partial charge in [0.05, 0.1) is 16.4 Å². The third kappa shape index (κ3) is 9.35.